The number of amides is 1. The molecule has 0 radical (unpaired) electrons. The van der Waals surface area contributed by atoms with E-state index < -0.39 is 17.9 Å². The standard InChI is InChI=1S/C13H16BrN3O3/c14-9-10(7-3-4-7)16-17-11(9)12(18)15-8(13(19)20)5-6-1-2-6/h6-8H,1-5H2,(H,15,18)(H,16,17)(H,19,20). The third-order valence-corrected chi connectivity index (χ3v) is 4.61. The maximum atomic E-state index is 12.2. The number of H-pyrrole nitrogens is 1. The molecular weight excluding hydrogens is 326 g/mol. The second-order valence-corrected chi connectivity index (χ2v) is 6.41. The molecule has 0 aliphatic heterocycles. The van der Waals surface area contributed by atoms with Crippen LogP contribution in [0.4, 0.5) is 0 Å². The molecule has 108 valence electrons. The smallest absolute Gasteiger partial charge is 0.326 e. The van der Waals surface area contributed by atoms with E-state index in [0.29, 0.717) is 22.7 Å². The Balaban J connectivity index is 1.69. The molecule has 2 aliphatic rings. The quantitative estimate of drug-likeness (QED) is 0.737. The normalized spacial score (nSPS) is 19.6. The third-order valence-electron chi connectivity index (χ3n) is 3.80. The van der Waals surface area contributed by atoms with E-state index in [1.807, 2.05) is 0 Å². The summed E-state index contributed by atoms with van der Waals surface area (Å²) in [5, 5.41) is 18.6. The lowest BCUT2D eigenvalue weighted by Crippen LogP contribution is -2.41. The molecule has 20 heavy (non-hydrogen) atoms. The van der Waals surface area contributed by atoms with Crippen molar-refractivity contribution in [1.29, 1.82) is 0 Å². The van der Waals surface area contributed by atoms with Gasteiger partial charge in [0.2, 0.25) is 0 Å². The molecule has 2 fully saturated rings. The number of carbonyl (C=O) groups excluding carboxylic acids is 1. The number of hydrogen-bond donors (Lipinski definition) is 3. The minimum atomic E-state index is -0.987. The SMILES string of the molecule is O=C(NC(CC1CC1)C(=O)O)c1n[nH]c(C2CC2)c1Br. The summed E-state index contributed by atoms with van der Waals surface area (Å²) < 4.78 is 0.660. The number of carboxylic acid groups (broad SMARTS) is 1. The summed E-state index contributed by atoms with van der Waals surface area (Å²) in [6.45, 7) is 0. The number of aromatic nitrogens is 2. The van der Waals surface area contributed by atoms with Crippen LogP contribution in [0.5, 0.6) is 0 Å². The van der Waals surface area contributed by atoms with Crippen LogP contribution in [0, 0.1) is 5.92 Å². The van der Waals surface area contributed by atoms with Crippen LogP contribution in [0.1, 0.15) is 54.2 Å². The number of rotatable bonds is 6. The molecule has 0 spiro atoms. The molecule has 3 N–H and O–H groups in total. The molecule has 7 heteroatoms. The Labute approximate surface area is 124 Å². The number of halogens is 1. The first-order valence-corrected chi connectivity index (χ1v) is 7.63. The van der Waals surface area contributed by atoms with Gasteiger partial charge in [-0.3, -0.25) is 9.89 Å². The molecule has 0 aromatic carbocycles. The van der Waals surface area contributed by atoms with Gasteiger partial charge in [-0.15, -0.1) is 0 Å². The summed E-state index contributed by atoms with van der Waals surface area (Å²) in [6.07, 6.45) is 4.80. The average Bonchev–Trinajstić information content (AvgIpc) is 3.29. The van der Waals surface area contributed by atoms with Gasteiger partial charge in [-0.2, -0.15) is 5.10 Å². The zero-order valence-corrected chi connectivity index (χ0v) is 12.4. The summed E-state index contributed by atoms with van der Waals surface area (Å²) in [4.78, 5) is 23.3. The number of carbonyl (C=O) groups is 2. The lowest BCUT2D eigenvalue weighted by Gasteiger charge is -2.13. The van der Waals surface area contributed by atoms with Crippen LogP contribution >= 0.6 is 15.9 Å². The highest BCUT2D eigenvalue weighted by molar-refractivity contribution is 9.10. The van der Waals surface area contributed by atoms with Crippen LogP contribution in [0.25, 0.3) is 0 Å². The van der Waals surface area contributed by atoms with Gasteiger partial charge < -0.3 is 10.4 Å². The van der Waals surface area contributed by atoms with Gasteiger partial charge in [0.15, 0.2) is 5.69 Å². The van der Waals surface area contributed by atoms with Gasteiger partial charge in [0.1, 0.15) is 6.04 Å². The Morgan fingerprint density at radius 3 is 2.65 bits per heavy atom. The lowest BCUT2D eigenvalue weighted by atomic mass is 10.1. The number of aromatic amines is 1. The lowest BCUT2D eigenvalue weighted by molar-refractivity contribution is -0.139. The van der Waals surface area contributed by atoms with Crippen LogP contribution in [0.15, 0.2) is 4.47 Å². The van der Waals surface area contributed by atoms with Crippen LogP contribution in [-0.4, -0.2) is 33.2 Å². The summed E-state index contributed by atoms with van der Waals surface area (Å²) in [5.41, 5.74) is 1.18. The largest absolute Gasteiger partial charge is 0.480 e. The Morgan fingerprint density at radius 2 is 2.10 bits per heavy atom. The van der Waals surface area contributed by atoms with Crippen molar-refractivity contribution in [2.75, 3.05) is 0 Å². The Bertz CT molecular complexity index is 549. The molecule has 6 nitrogen and oxygen atoms in total. The number of nitrogens with one attached hydrogen (secondary N) is 2. The third kappa shape index (κ3) is 2.87. The number of carboxylic acids is 1. The first kappa shape index (κ1) is 13.6. The van der Waals surface area contributed by atoms with Gasteiger partial charge in [-0.25, -0.2) is 4.79 Å². The molecule has 3 rings (SSSR count). The van der Waals surface area contributed by atoms with E-state index in [1.54, 1.807) is 0 Å². The monoisotopic (exact) mass is 341 g/mol. The van der Waals surface area contributed by atoms with Gasteiger partial charge >= 0.3 is 5.97 Å². The highest BCUT2D eigenvalue weighted by atomic mass is 79.9. The van der Waals surface area contributed by atoms with Gasteiger partial charge in [-0.1, -0.05) is 12.8 Å². The fourth-order valence-electron chi connectivity index (χ4n) is 2.27. The molecule has 1 atom stereocenters. The molecule has 1 aromatic heterocycles. The van der Waals surface area contributed by atoms with Crippen molar-refractivity contribution in [3.63, 3.8) is 0 Å². The van der Waals surface area contributed by atoms with Crippen LogP contribution in [0.2, 0.25) is 0 Å². The molecule has 1 heterocycles. The summed E-state index contributed by atoms with van der Waals surface area (Å²) in [5.74, 6) is -0.548. The molecule has 1 amide bonds. The van der Waals surface area contributed by atoms with E-state index in [-0.39, 0.29) is 5.69 Å². The van der Waals surface area contributed by atoms with Crippen molar-refractivity contribution in [2.24, 2.45) is 5.92 Å². The van der Waals surface area contributed by atoms with E-state index in [0.717, 1.165) is 31.4 Å². The summed E-state index contributed by atoms with van der Waals surface area (Å²) in [7, 11) is 0. The predicted molar refractivity (Wildman–Crippen MR) is 74.5 cm³/mol. The van der Waals surface area contributed by atoms with Crippen molar-refractivity contribution in [2.45, 2.75) is 44.1 Å². The molecule has 2 aliphatic carbocycles. The molecule has 1 unspecified atom stereocenters. The minimum absolute atomic E-state index is 0.244. The maximum absolute atomic E-state index is 12.2. The predicted octanol–water partition coefficient (Wildman–Crippen LogP) is 2.03. The molecular formula is C13H16BrN3O3. The van der Waals surface area contributed by atoms with Gasteiger partial charge in [0.05, 0.1) is 10.2 Å². The zero-order chi connectivity index (χ0) is 14.3. The molecule has 0 bridgehead atoms. The topological polar surface area (TPSA) is 95.1 Å². The summed E-state index contributed by atoms with van der Waals surface area (Å²) >= 11 is 3.38. The molecule has 2 saturated carbocycles. The number of hydrogen-bond acceptors (Lipinski definition) is 3. The Hall–Kier alpha value is -1.37. The zero-order valence-electron chi connectivity index (χ0n) is 10.9. The van der Waals surface area contributed by atoms with Gasteiger partial charge in [-0.05, 0) is 41.1 Å². The average molecular weight is 342 g/mol. The Kier molecular flexibility index (Phi) is 3.54. The highest BCUT2D eigenvalue weighted by Gasteiger charge is 2.33. The Morgan fingerprint density at radius 1 is 1.40 bits per heavy atom. The van der Waals surface area contributed by atoms with Crippen molar-refractivity contribution < 1.29 is 14.7 Å². The second-order valence-electron chi connectivity index (χ2n) is 5.62. The van der Waals surface area contributed by atoms with Crippen molar-refractivity contribution >= 4 is 27.8 Å². The summed E-state index contributed by atoms with van der Waals surface area (Å²) in [6, 6.07) is -0.831. The first-order chi connectivity index (χ1) is 9.56. The van der Waals surface area contributed by atoms with Crippen LogP contribution in [-0.2, 0) is 4.79 Å². The van der Waals surface area contributed by atoms with E-state index in [2.05, 4.69) is 31.4 Å². The number of aliphatic carboxylic acids is 1. The minimum Gasteiger partial charge on any atom is -0.480 e. The van der Waals surface area contributed by atoms with E-state index in [9.17, 15) is 9.59 Å². The van der Waals surface area contributed by atoms with Crippen LogP contribution in [0.3, 0.4) is 0 Å². The van der Waals surface area contributed by atoms with Crippen molar-refractivity contribution in [1.82, 2.24) is 15.5 Å². The maximum Gasteiger partial charge on any atom is 0.326 e. The van der Waals surface area contributed by atoms with Gasteiger partial charge in [0.25, 0.3) is 5.91 Å². The second kappa shape index (κ2) is 5.20. The van der Waals surface area contributed by atoms with E-state index in [1.165, 1.54) is 0 Å². The van der Waals surface area contributed by atoms with Crippen molar-refractivity contribution in [3.8, 4) is 0 Å². The first-order valence-electron chi connectivity index (χ1n) is 6.83. The van der Waals surface area contributed by atoms with Crippen LogP contribution < -0.4 is 5.32 Å². The highest BCUT2D eigenvalue weighted by Crippen LogP contribution is 2.42. The molecule has 0 saturated heterocycles. The molecule has 1 aromatic rings. The number of nitrogens with zero attached hydrogens (tertiary/aromatic N) is 1. The fourth-order valence-corrected chi connectivity index (χ4v) is 2.95. The van der Waals surface area contributed by atoms with E-state index in [4.69, 9.17) is 5.11 Å². The fraction of sp³-hybridized carbons (Fsp3) is 0.615. The van der Waals surface area contributed by atoms with Crippen molar-refractivity contribution in [3.05, 3.63) is 15.9 Å². The van der Waals surface area contributed by atoms with Gasteiger partial charge in [0, 0.05) is 5.92 Å². The van der Waals surface area contributed by atoms with E-state index >= 15 is 0 Å².